The standard InChI is InChI=1S/C25H26N4O4S/c1-4-21(23(30)26-15-9-10-19-20(12-15)33-13-32-19)34-25-28-17-8-6-5-7-16(17)22-27-18(11-14(2)3)24(31)29(22)25/h5-10,12,14,18,21H,4,11,13H2,1-3H3,(H,26,30)/t18-,21-/m1/s1. The van der Waals surface area contributed by atoms with E-state index in [0.29, 0.717) is 46.9 Å². The first kappa shape index (κ1) is 22.5. The van der Waals surface area contributed by atoms with Gasteiger partial charge in [-0.1, -0.05) is 44.7 Å². The lowest BCUT2D eigenvalue weighted by Gasteiger charge is -2.27. The first-order valence-corrected chi connectivity index (χ1v) is 12.3. The summed E-state index contributed by atoms with van der Waals surface area (Å²) in [4.78, 5) is 37.6. The van der Waals surface area contributed by atoms with Crippen LogP contribution in [0.3, 0.4) is 0 Å². The van der Waals surface area contributed by atoms with Crippen molar-refractivity contribution in [1.82, 2.24) is 4.90 Å². The van der Waals surface area contributed by atoms with E-state index in [4.69, 9.17) is 19.5 Å². The molecule has 2 amide bonds. The number of aliphatic imine (C=N–C) groups is 2. The van der Waals surface area contributed by atoms with Crippen LogP contribution < -0.4 is 14.8 Å². The van der Waals surface area contributed by atoms with Gasteiger partial charge in [0.15, 0.2) is 16.7 Å². The molecule has 9 heteroatoms. The Kier molecular flexibility index (Phi) is 6.03. The summed E-state index contributed by atoms with van der Waals surface area (Å²) in [6.45, 7) is 6.27. The Labute approximate surface area is 202 Å². The van der Waals surface area contributed by atoms with Crippen molar-refractivity contribution < 1.29 is 19.1 Å². The molecule has 0 aliphatic carbocycles. The summed E-state index contributed by atoms with van der Waals surface area (Å²) in [5, 5.41) is 2.99. The van der Waals surface area contributed by atoms with Crippen LogP contribution in [-0.2, 0) is 9.59 Å². The predicted molar refractivity (Wildman–Crippen MR) is 133 cm³/mol. The van der Waals surface area contributed by atoms with Gasteiger partial charge in [0.25, 0.3) is 5.91 Å². The largest absolute Gasteiger partial charge is 0.454 e. The number of nitrogens with one attached hydrogen (secondary N) is 1. The summed E-state index contributed by atoms with van der Waals surface area (Å²) >= 11 is 1.29. The highest BCUT2D eigenvalue weighted by atomic mass is 32.2. The zero-order valence-corrected chi connectivity index (χ0v) is 20.1. The van der Waals surface area contributed by atoms with Gasteiger partial charge >= 0.3 is 0 Å². The number of hydrogen-bond acceptors (Lipinski definition) is 7. The van der Waals surface area contributed by atoms with E-state index in [9.17, 15) is 9.59 Å². The Balaban J connectivity index is 1.39. The van der Waals surface area contributed by atoms with Crippen LogP contribution in [0.15, 0.2) is 52.4 Å². The monoisotopic (exact) mass is 478 g/mol. The number of ether oxygens (including phenoxy) is 2. The van der Waals surface area contributed by atoms with Gasteiger partial charge in [-0.25, -0.2) is 9.89 Å². The van der Waals surface area contributed by atoms with Crippen LogP contribution in [0.2, 0.25) is 0 Å². The van der Waals surface area contributed by atoms with E-state index in [0.717, 1.165) is 11.3 Å². The van der Waals surface area contributed by atoms with Crippen LogP contribution in [0.5, 0.6) is 11.5 Å². The highest BCUT2D eigenvalue weighted by Crippen LogP contribution is 2.37. The van der Waals surface area contributed by atoms with Crippen molar-refractivity contribution in [2.24, 2.45) is 15.9 Å². The summed E-state index contributed by atoms with van der Waals surface area (Å²) in [5.74, 6) is 1.96. The molecule has 0 aromatic heterocycles. The molecular formula is C25H26N4O4S. The molecule has 34 heavy (non-hydrogen) atoms. The van der Waals surface area contributed by atoms with Gasteiger partial charge in [-0.05, 0) is 43.0 Å². The van der Waals surface area contributed by atoms with E-state index in [1.54, 1.807) is 23.1 Å². The number of fused-ring (bicyclic) bond motifs is 4. The molecule has 0 saturated carbocycles. The van der Waals surface area contributed by atoms with E-state index in [2.05, 4.69) is 19.2 Å². The molecule has 0 bridgehead atoms. The van der Waals surface area contributed by atoms with Gasteiger partial charge in [-0.3, -0.25) is 14.6 Å². The molecule has 5 rings (SSSR count). The molecule has 3 aliphatic heterocycles. The van der Waals surface area contributed by atoms with Gasteiger partial charge in [-0.15, -0.1) is 0 Å². The highest BCUT2D eigenvalue weighted by molar-refractivity contribution is 8.15. The van der Waals surface area contributed by atoms with Gasteiger partial charge in [-0.2, -0.15) is 0 Å². The normalized spacial score (nSPS) is 18.9. The summed E-state index contributed by atoms with van der Waals surface area (Å²) in [6, 6.07) is 12.5. The minimum absolute atomic E-state index is 0.0875. The zero-order chi connectivity index (χ0) is 23.8. The van der Waals surface area contributed by atoms with Crippen LogP contribution >= 0.6 is 11.8 Å². The second-order valence-corrected chi connectivity index (χ2v) is 9.93. The summed E-state index contributed by atoms with van der Waals surface area (Å²) < 4.78 is 10.7. The van der Waals surface area contributed by atoms with E-state index in [1.165, 1.54) is 11.8 Å². The third-order valence-electron chi connectivity index (χ3n) is 5.79. The number of para-hydroxylation sites is 1. The molecule has 176 valence electrons. The average Bonchev–Trinajstić information content (AvgIpc) is 3.41. The Morgan fingerprint density at radius 3 is 2.79 bits per heavy atom. The SMILES string of the molecule is CC[C@@H](SC1=Nc2ccccc2C2=N[C@H](CC(C)C)C(=O)N12)C(=O)Nc1ccc2c(c1)OCO2. The molecule has 1 N–H and O–H groups in total. The lowest BCUT2D eigenvalue weighted by molar-refractivity contribution is -0.125. The maximum absolute atomic E-state index is 13.3. The van der Waals surface area contributed by atoms with Crippen molar-refractivity contribution in [2.75, 3.05) is 12.1 Å². The molecule has 0 radical (unpaired) electrons. The summed E-state index contributed by atoms with van der Waals surface area (Å²) in [5.41, 5.74) is 2.22. The van der Waals surface area contributed by atoms with Crippen LogP contribution in [0.1, 0.15) is 39.2 Å². The van der Waals surface area contributed by atoms with Gasteiger partial charge in [0.05, 0.1) is 10.9 Å². The fourth-order valence-corrected chi connectivity index (χ4v) is 5.15. The minimum Gasteiger partial charge on any atom is -0.454 e. The fourth-order valence-electron chi connectivity index (χ4n) is 4.13. The maximum Gasteiger partial charge on any atom is 0.259 e. The average molecular weight is 479 g/mol. The van der Waals surface area contributed by atoms with E-state index >= 15 is 0 Å². The van der Waals surface area contributed by atoms with Crippen LogP contribution in [0.25, 0.3) is 0 Å². The molecule has 0 saturated heterocycles. The molecule has 0 fully saturated rings. The number of thioether (sulfide) groups is 1. The topological polar surface area (TPSA) is 92.6 Å². The second kappa shape index (κ2) is 9.13. The lowest BCUT2D eigenvalue weighted by atomic mass is 10.0. The van der Waals surface area contributed by atoms with E-state index in [-0.39, 0.29) is 18.6 Å². The third-order valence-corrected chi connectivity index (χ3v) is 7.11. The van der Waals surface area contributed by atoms with Crippen molar-refractivity contribution in [3.05, 3.63) is 48.0 Å². The first-order chi connectivity index (χ1) is 16.4. The number of hydrogen-bond donors (Lipinski definition) is 1. The fraction of sp³-hybridized carbons (Fsp3) is 0.360. The molecule has 2 aromatic carbocycles. The number of anilines is 1. The number of carbonyl (C=O) groups excluding carboxylic acids is 2. The number of rotatable bonds is 6. The third kappa shape index (κ3) is 4.16. The van der Waals surface area contributed by atoms with E-state index < -0.39 is 11.3 Å². The molecule has 0 spiro atoms. The van der Waals surface area contributed by atoms with Crippen molar-refractivity contribution >= 4 is 46.0 Å². The smallest absolute Gasteiger partial charge is 0.259 e. The Bertz CT molecular complexity index is 1210. The van der Waals surface area contributed by atoms with Gasteiger partial charge in [0.2, 0.25) is 12.7 Å². The number of amides is 2. The zero-order valence-electron chi connectivity index (χ0n) is 19.3. The quantitative estimate of drug-likeness (QED) is 0.657. The van der Waals surface area contributed by atoms with Crippen LogP contribution in [0, 0.1) is 5.92 Å². The second-order valence-electron chi connectivity index (χ2n) is 8.76. The highest BCUT2D eigenvalue weighted by Gasteiger charge is 2.42. The molecule has 8 nitrogen and oxygen atoms in total. The van der Waals surface area contributed by atoms with Crippen molar-refractivity contribution in [2.45, 2.75) is 44.9 Å². The Hall–Kier alpha value is -3.33. The lowest BCUT2D eigenvalue weighted by Crippen LogP contribution is -2.42. The summed E-state index contributed by atoms with van der Waals surface area (Å²) in [6.07, 6.45) is 1.23. The van der Waals surface area contributed by atoms with Crippen LogP contribution in [-0.4, -0.2) is 45.8 Å². The van der Waals surface area contributed by atoms with Crippen molar-refractivity contribution in [3.63, 3.8) is 0 Å². The van der Waals surface area contributed by atoms with Crippen LogP contribution in [0.4, 0.5) is 11.4 Å². The summed E-state index contributed by atoms with van der Waals surface area (Å²) in [7, 11) is 0. The number of amidine groups is 2. The molecule has 0 unspecified atom stereocenters. The molecule has 2 aromatic rings. The number of benzene rings is 2. The molecule has 3 aliphatic rings. The molecular weight excluding hydrogens is 452 g/mol. The van der Waals surface area contributed by atoms with Crippen molar-refractivity contribution in [1.29, 1.82) is 0 Å². The minimum atomic E-state index is -0.451. The van der Waals surface area contributed by atoms with E-state index in [1.807, 2.05) is 31.2 Å². The van der Waals surface area contributed by atoms with Crippen molar-refractivity contribution in [3.8, 4) is 11.5 Å². The molecule has 3 heterocycles. The Morgan fingerprint density at radius 2 is 2.00 bits per heavy atom. The van der Waals surface area contributed by atoms with Gasteiger partial charge in [0, 0.05) is 17.3 Å². The molecule has 2 atom stereocenters. The first-order valence-electron chi connectivity index (χ1n) is 11.4. The number of carbonyl (C=O) groups is 2. The number of nitrogens with zero attached hydrogens (tertiary/aromatic N) is 3. The Morgan fingerprint density at radius 1 is 1.21 bits per heavy atom. The predicted octanol–water partition coefficient (Wildman–Crippen LogP) is 4.57. The van der Waals surface area contributed by atoms with Gasteiger partial charge in [0.1, 0.15) is 11.9 Å². The maximum atomic E-state index is 13.3. The van der Waals surface area contributed by atoms with Gasteiger partial charge < -0.3 is 14.8 Å².